The SMILES string of the molecule is COc1ccc([C@@H]2C[C@H]2C(=O)O)cc1-c1ccc(N2CCC2)nc1CN1C(=O)O[C@H](c2cccc(C(F)(F)F)c2)[C@@H]1C. The van der Waals surface area contributed by atoms with Gasteiger partial charge in [0.2, 0.25) is 0 Å². The maximum atomic E-state index is 13.4. The Morgan fingerprint density at radius 1 is 1.10 bits per heavy atom. The van der Waals surface area contributed by atoms with Gasteiger partial charge in [-0.05, 0) is 73.2 Å². The van der Waals surface area contributed by atoms with E-state index >= 15 is 0 Å². The number of hydrogen-bond acceptors (Lipinski definition) is 6. The highest BCUT2D eigenvalue weighted by atomic mass is 19.4. The van der Waals surface area contributed by atoms with Gasteiger partial charge in [0.25, 0.3) is 0 Å². The summed E-state index contributed by atoms with van der Waals surface area (Å²) in [7, 11) is 1.55. The maximum Gasteiger partial charge on any atom is 0.416 e. The second kappa shape index (κ2) is 10.5. The first-order valence-electron chi connectivity index (χ1n) is 13.9. The highest BCUT2D eigenvalue weighted by Crippen LogP contribution is 2.49. The molecule has 11 heteroatoms. The molecule has 0 unspecified atom stereocenters. The van der Waals surface area contributed by atoms with Crippen molar-refractivity contribution in [2.45, 2.75) is 50.6 Å². The average Bonchev–Trinajstić information content (AvgIpc) is 3.69. The number of rotatable bonds is 8. The Bertz CT molecular complexity index is 1540. The second-order valence-corrected chi connectivity index (χ2v) is 11.0. The van der Waals surface area contributed by atoms with Crippen LogP contribution < -0.4 is 9.64 Å². The van der Waals surface area contributed by atoms with Gasteiger partial charge in [0.05, 0.1) is 36.9 Å². The minimum atomic E-state index is -4.52. The number of amides is 1. The lowest BCUT2D eigenvalue weighted by atomic mass is 9.97. The van der Waals surface area contributed by atoms with Crippen LogP contribution in [-0.4, -0.2) is 53.3 Å². The van der Waals surface area contributed by atoms with Crippen molar-refractivity contribution in [1.29, 1.82) is 0 Å². The lowest BCUT2D eigenvalue weighted by Crippen LogP contribution is -2.38. The Morgan fingerprint density at radius 2 is 1.88 bits per heavy atom. The molecule has 6 rings (SSSR count). The van der Waals surface area contributed by atoms with E-state index in [1.165, 1.54) is 17.0 Å². The van der Waals surface area contributed by atoms with Crippen molar-refractivity contribution in [3.63, 3.8) is 0 Å². The lowest BCUT2D eigenvalue weighted by Gasteiger charge is -2.33. The largest absolute Gasteiger partial charge is 0.496 e. The fourth-order valence-corrected chi connectivity index (χ4v) is 5.79. The van der Waals surface area contributed by atoms with E-state index in [0.29, 0.717) is 23.4 Å². The molecule has 1 saturated carbocycles. The van der Waals surface area contributed by atoms with Crippen molar-refractivity contribution in [2.24, 2.45) is 5.92 Å². The first kappa shape index (κ1) is 27.9. The van der Waals surface area contributed by atoms with E-state index in [9.17, 15) is 27.9 Å². The minimum absolute atomic E-state index is 0.0566. The van der Waals surface area contributed by atoms with Crippen molar-refractivity contribution < 1.29 is 37.3 Å². The summed E-state index contributed by atoms with van der Waals surface area (Å²) in [6.07, 6.45) is -4.43. The zero-order valence-electron chi connectivity index (χ0n) is 23.1. The number of pyridine rings is 1. The topological polar surface area (TPSA) is 92.2 Å². The third kappa shape index (κ3) is 5.12. The standard InChI is InChI=1S/C31H30F3N3O5/c1-17-28(19-5-3-6-20(13-19)31(32,33)34)42-30(40)37(17)16-25-21(8-10-27(35-25)36-11-4-12-36)23-14-18(7-9-26(23)41-2)22-15-24(22)29(38)39/h3,5-10,13-14,17,22,24,28H,4,11-12,15-16H2,1-2H3,(H,38,39)/t17-,22-,24+,28-/m0/s1. The van der Waals surface area contributed by atoms with Crippen LogP contribution in [0.4, 0.5) is 23.8 Å². The van der Waals surface area contributed by atoms with Crippen LogP contribution in [0.15, 0.2) is 54.6 Å². The number of aliphatic carboxylic acids is 1. The predicted octanol–water partition coefficient (Wildman–Crippen LogP) is 6.26. The molecule has 0 bridgehead atoms. The van der Waals surface area contributed by atoms with Gasteiger partial charge in [-0.2, -0.15) is 13.2 Å². The van der Waals surface area contributed by atoms with Gasteiger partial charge in [0, 0.05) is 24.2 Å². The summed E-state index contributed by atoms with van der Waals surface area (Å²) in [5.74, 6) is -0.00494. The van der Waals surface area contributed by atoms with Crippen LogP contribution in [0.1, 0.15) is 54.2 Å². The number of halogens is 3. The van der Waals surface area contributed by atoms with Gasteiger partial charge < -0.3 is 19.5 Å². The molecule has 2 saturated heterocycles. The maximum absolute atomic E-state index is 13.4. The Morgan fingerprint density at radius 3 is 2.52 bits per heavy atom. The molecule has 1 amide bonds. The number of ether oxygens (including phenoxy) is 2. The molecule has 1 N–H and O–H groups in total. The van der Waals surface area contributed by atoms with E-state index in [2.05, 4.69) is 4.90 Å². The highest BCUT2D eigenvalue weighted by molar-refractivity contribution is 5.78. The smallest absolute Gasteiger partial charge is 0.416 e. The number of aromatic nitrogens is 1. The van der Waals surface area contributed by atoms with Crippen LogP contribution in [-0.2, 0) is 22.3 Å². The fourth-order valence-electron chi connectivity index (χ4n) is 5.79. The van der Waals surface area contributed by atoms with Crippen LogP contribution in [0.5, 0.6) is 5.75 Å². The molecule has 8 nitrogen and oxygen atoms in total. The first-order chi connectivity index (χ1) is 20.0. The van der Waals surface area contributed by atoms with Gasteiger partial charge in [-0.1, -0.05) is 18.2 Å². The number of benzene rings is 2. The zero-order chi connectivity index (χ0) is 29.8. The van der Waals surface area contributed by atoms with Gasteiger partial charge in [-0.3, -0.25) is 9.69 Å². The Hall–Kier alpha value is -4.28. The molecule has 3 aliphatic rings. The zero-order valence-corrected chi connectivity index (χ0v) is 23.1. The Balaban J connectivity index is 1.35. The van der Waals surface area contributed by atoms with E-state index in [-0.39, 0.29) is 18.0 Å². The number of carbonyl (C=O) groups is 2. The van der Waals surface area contributed by atoms with Crippen molar-refractivity contribution >= 4 is 17.9 Å². The molecule has 4 atom stereocenters. The Kier molecular flexibility index (Phi) is 6.98. The van der Waals surface area contributed by atoms with Crippen LogP contribution in [0, 0.1) is 5.92 Å². The summed E-state index contributed by atoms with van der Waals surface area (Å²) in [6.45, 7) is 3.53. The summed E-state index contributed by atoms with van der Waals surface area (Å²) >= 11 is 0. The number of nitrogens with zero attached hydrogens (tertiary/aromatic N) is 3. The van der Waals surface area contributed by atoms with Crippen molar-refractivity contribution in [3.05, 3.63) is 77.0 Å². The molecule has 3 aromatic rings. The van der Waals surface area contributed by atoms with Crippen LogP contribution >= 0.6 is 0 Å². The van der Waals surface area contributed by atoms with Gasteiger partial charge in [-0.15, -0.1) is 0 Å². The molecule has 3 fully saturated rings. The summed E-state index contributed by atoms with van der Waals surface area (Å²) in [5, 5.41) is 9.45. The second-order valence-electron chi connectivity index (χ2n) is 11.0. The van der Waals surface area contributed by atoms with Gasteiger partial charge in [0.1, 0.15) is 17.7 Å². The average molecular weight is 582 g/mol. The molecule has 1 aliphatic carbocycles. The van der Waals surface area contributed by atoms with Crippen LogP contribution in [0.25, 0.3) is 11.1 Å². The van der Waals surface area contributed by atoms with Crippen molar-refractivity contribution in [1.82, 2.24) is 9.88 Å². The lowest BCUT2D eigenvalue weighted by molar-refractivity contribution is -0.139. The van der Waals surface area contributed by atoms with Crippen molar-refractivity contribution in [3.8, 4) is 16.9 Å². The van der Waals surface area contributed by atoms with E-state index in [4.69, 9.17) is 14.5 Å². The first-order valence-corrected chi connectivity index (χ1v) is 13.9. The van der Waals surface area contributed by atoms with E-state index in [1.54, 1.807) is 14.0 Å². The molecule has 0 spiro atoms. The number of carboxylic acids is 1. The van der Waals surface area contributed by atoms with Gasteiger partial charge in [0.15, 0.2) is 0 Å². The van der Waals surface area contributed by atoms with E-state index < -0.39 is 41.9 Å². The molecule has 2 aromatic carbocycles. The number of alkyl halides is 3. The molecule has 1 aromatic heterocycles. The molecule has 42 heavy (non-hydrogen) atoms. The molecule has 3 heterocycles. The summed E-state index contributed by atoms with van der Waals surface area (Å²) in [6, 6.07) is 13.7. The number of cyclic esters (lactones) is 1. The summed E-state index contributed by atoms with van der Waals surface area (Å²) in [5.41, 5.74) is 2.36. The predicted molar refractivity (Wildman–Crippen MR) is 147 cm³/mol. The van der Waals surface area contributed by atoms with E-state index in [0.717, 1.165) is 48.6 Å². The number of carbonyl (C=O) groups excluding carboxylic acids is 1. The van der Waals surface area contributed by atoms with Gasteiger partial charge >= 0.3 is 18.2 Å². The monoisotopic (exact) mass is 581 g/mol. The van der Waals surface area contributed by atoms with Crippen molar-refractivity contribution in [2.75, 3.05) is 25.1 Å². The number of carboxylic acid groups (broad SMARTS) is 1. The molecular formula is C31H30F3N3O5. The molecular weight excluding hydrogens is 551 g/mol. The van der Waals surface area contributed by atoms with E-state index in [1.807, 2.05) is 30.3 Å². The molecule has 2 aliphatic heterocycles. The summed E-state index contributed by atoms with van der Waals surface area (Å²) < 4.78 is 51.4. The normalized spacial score (nSPS) is 23.4. The van der Waals surface area contributed by atoms with Crippen LogP contribution in [0.3, 0.4) is 0 Å². The fraction of sp³-hybridized carbons (Fsp3) is 0.387. The number of anilines is 1. The van der Waals surface area contributed by atoms with Gasteiger partial charge in [-0.25, -0.2) is 9.78 Å². The van der Waals surface area contributed by atoms with Crippen LogP contribution in [0.2, 0.25) is 0 Å². The Labute approximate surface area is 240 Å². The summed E-state index contributed by atoms with van der Waals surface area (Å²) in [4.78, 5) is 33.2. The third-order valence-electron chi connectivity index (χ3n) is 8.44. The minimum Gasteiger partial charge on any atom is -0.496 e. The molecule has 220 valence electrons. The highest BCUT2D eigenvalue weighted by Gasteiger charge is 2.45. The quantitative estimate of drug-likeness (QED) is 0.336. The number of hydrogen-bond donors (Lipinski definition) is 1. The molecule has 0 radical (unpaired) electrons. The number of methoxy groups -OCH3 is 1. The third-order valence-corrected chi connectivity index (χ3v) is 8.44.